The first kappa shape index (κ1) is 17.9. The van der Waals surface area contributed by atoms with Crippen molar-refractivity contribution in [2.24, 2.45) is 5.92 Å². The number of anilines is 1. The Morgan fingerprint density at radius 3 is 2.66 bits per heavy atom. The van der Waals surface area contributed by atoms with Gasteiger partial charge in [-0.15, -0.1) is 5.10 Å². The Hall–Kier alpha value is -3.19. The van der Waals surface area contributed by atoms with Gasteiger partial charge in [-0.05, 0) is 56.0 Å². The maximum atomic E-state index is 6.02. The summed E-state index contributed by atoms with van der Waals surface area (Å²) in [4.78, 5) is 11.5. The number of hydrogen-bond donors (Lipinski definition) is 1. The average Bonchev–Trinajstić information content (AvgIpc) is 3.43. The molecular formula is C22H24N6O. The van der Waals surface area contributed by atoms with E-state index >= 15 is 0 Å². The molecule has 1 fully saturated rings. The average molecular weight is 388 g/mol. The second-order valence-electron chi connectivity index (χ2n) is 7.70. The van der Waals surface area contributed by atoms with E-state index in [9.17, 15) is 0 Å². The van der Waals surface area contributed by atoms with Crippen molar-refractivity contribution >= 4 is 11.6 Å². The van der Waals surface area contributed by atoms with Crippen LogP contribution in [0.5, 0.6) is 0 Å². The fraction of sp³-hybridized carbons (Fsp3) is 0.318. The zero-order valence-corrected chi connectivity index (χ0v) is 16.2. The molecule has 148 valence electrons. The van der Waals surface area contributed by atoms with Crippen LogP contribution in [0.15, 0.2) is 59.3 Å². The van der Waals surface area contributed by atoms with E-state index in [1.165, 1.54) is 24.8 Å². The molecule has 0 spiro atoms. The summed E-state index contributed by atoms with van der Waals surface area (Å²) in [7, 11) is 0. The van der Waals surface area contributed by atoms with Crippen molar-refractivity contribution in [2.75, 3.05) is 18.8 Å². The van der Waals surface area contributed by atoms with Crippen molar-refractivity contribution in [2.45, 2.75) is 25.8 Å². The summed E-state index contributed by atoms with van der Waals surface area (Å²) in [6, 6.07) is 14.4. The summed E-state index contributed by atoms with van der Waals surface area (Å²) in [5.74, 6) is 2.23. The minimum atomic E-state index is 0.329. The third-order valence-electron chi connectivity index (χ3n) is 5.67. The van der Waals surface area contributed by atoms with E-state index < -0.39 is 0 Å². The number of nitrogens with zero attached hydrogens (tertiary/aromatic N) is 5. The molecule has 0 aliphatic carbocycles. The number of aromatic nitrogens is 4. The molecular weight excluding hydrogens is 364 g/mol. The molecule has 0 bridgehead atoms. The van der Waals surface area contributed by atoms with Gasteiger partial charge < -0.3 is 10.2 Å². The van der Waals surface area contributed by atoms with Crippen LogP contribution in [0.4, 0.5) is 5.95 Å². The van der Waals surface area contributed by atoms with Crippen molar-refractivity contribution < 1.29 is 4.42 Å². The molecule has 5 rings (SSSR count). The first-order valence-corrected chi connectivity index (χ1v) is 10.1. The van der Waals surface area contributed by atoms with Gasteiger partial charge in [0.15, 0.2) is 11.4 Å². The van der Waals surface area contributed by atoms with E-state index in [1.54, 1.807) is 10.8 Å². The lowest BCUT2D eigenvalue weighted by atomic mass is 9.90. The van der Waals surface area contributed by atoms with E-state index in [2.05, 4.69) is 50.3 Å². The zero-order chi connectivity index (χ0) is 19.6. The Morgan fingerprint density at radius 1 is 1.07 bits per heavy atom. The highest BCUT2D eigenvalue weighted by Crippen LogP contribution is 2.25. The highest BCUT2D eigenvalue weighted by Gasteiger charge is 2.22. The maximum absolute atomic E-state index is 6.02. The van der Waals surface area contributed by atoms with Gasteiger partial charge in [-0.1, -0.05) is 30.3 Å². The van der Waals surface area contributed by atoms with Crippen LogP contribution >= 0.6 is 0 Å². The highest BCUT2D eigenvalue weighted by atomic mass is 16.3. The minimum Gasteiger partial charge on any atom is -0.461 e. The number of benzene rings is 1. The van der Waals surface area contributed by atoms with Gasteiger partial charge in [0.25, 0.3) is 0 Å². The van der Waals surface area contributed by atoms with Gasteiger partial charge in [-0.3, -0.25) is 4.90 Å². The molecule has 0 amide bonds. The van der Waals surface area contributed by atoms with Crippen LogP contribution in [-0.4, -0.2) is 37.6 Å². The Bertz CT molecular complexity index is 1080. The quantitative estimate of drug-likeness (QED) is 0.564. The SMILES string of the molecule is Nc1ncc(CN2CCC(Cc3ccccc3)CC2)c2nc(-c3ccco3)nn12. The summed E-state index contributed by atoms with van der Waals surface area (Å²) < 4.78 is 7.04. The number of likely N-dealkylation sites (tertiary alicyclic amines) is 1. The lowest BCUT2D eigenvalue weighted by Crippen LogP contribution is -2.34. The van der Waals surface area contributed by atoms with Gasteiger partial charge in [0.2, 0.25) is 11.8 Å². The van der Waals surface area contributed by atoms with E-state index in [4.69, 9.17) is 10.2 Å². The molecule has 1 aliphatic rings. The van der Waals surface area contributed by atoms with Crippen LogP contribution < -0.4 is 5.73 Å². The molecule has 7 nitrogen and oxygen atoms in total. The van der Waals surface area contributed by atoms with Gasteiger partial charge >= 0.3 is 0 Å². The number of fused-ring (bicyclic) bond motifs is 1. The Morgan fingerprint density at radius 2 is 1.90 bits per heavy atom. The first-order chi connectivity index (χ1) is 14.3. The topological polar surface area (TPSA) is 85.5 Å². The lowest BCUT2D eigenvalue weighted by molar-refractivity contribution is 0.177. The summed E-state index contributed by atoms with van der Waals surface area (Å²) in [5, 5.41) is 4.47. The van der Waals surface area contributed by atoms with Crippen LogP contribution in [0.25, 0.3) is 17.2 Å². The molecule has 0 radical (unpaired) electrons. The molecule has 29 heavy (non-hydrogen) atoms. The Kier molecular flexibility index (Phi) is 4.73. The van der Waals surface area contributed by atoms with E-state index in [0.717, 1.165) is 36.8 Å². The lowest BCUT2D eigenvalue weighted by Gasteiger charge is -2.32. The van der Waals surface area contributed by atoms with Gasteiger partial charge in [-0.25, -0.2) is 9.97 Å². The van der Waals surface area contributed by atoms with Crippen LogP contribution in [-0.2, 0) is 13.0 Å². The summed E-state index contributed by atoms with van der Waals surface area (Å²) >= 11 is 0. The maximum Gasteiger partial charge on any atom is 0.223 e. The molecule has 1 aromatic carbocycles. The second kappa shape index (κ2) is 7.67. The number of nitrogens with two attached hydrogens (primary N) is 1. The Balaban J connectivity index is 1.29. The van der Waals surface area contributed by atoms with E-state index in [0.29, 0.717) is 17.5 Å². The molecule has 0 atom stereocenters. The molecule has 3 aromatic heterocycles. The van der Waals surface area contributed by atoms with Crippen molar-refractivity contribution in [3.63, 3.8) is 0 Å². The number of rotatable bonds is 5. The smallest absolute Gasteiger partial charge is 0.223 e. The Labute approximate surface area is 169 Å². The van der Waals surface area contributed by atoms with Gasteiger partial charge in [0.05, 0.1) is 6.26 Å². The monoisotopic (exact) mass is 388 g/mol. The van der Waals surface area contributed by atoms with E-state index in [1.807, 2.05) is 18.3 Å². The second-order valence-corrected chi connectivity index (χ2v) is 7.70. The standard InChI is InChI=1S/C22H24N6O/c23-22-24-14-18(21-25-20(26-28(21)22)19-7-4-12-29-19)15-27-10-8-17(9-11-27)13-16-5-2-1-3-6-16/h1-7,12,14,17H,8-11,13,15H2,(H2,23,24). The van der Waals surface area contributed by atoms with Crippen LogP contribution in [0.1, 0.15) is 24.0 Å². The van der Waals surface area contributed by atoms with Crippen LogP contribution in [0.2, 0.25) is 0 Å². The van der Waals surface area contributed by atoms with Crippen molar-refractivity contribution in [3.8, 4) is 11.6 Å². The van der Waals surface area contributed by atoms with Gasteiger partial charge in [0, 0.05) is 18.3 Å². The first-order valence-electron chi connectivity index (χ1n) is 10.1. The normalized spacial score (nSPS) is 15.9. The number of nitrogen functional groups attached to an aromatic ring is 1. The molecule has 1 saturated heterocycles. The number of hydrogen-bond acceptors (Lipinski definition) is 6. The number of furan rings is 1. The molecule has 7 heteroatoms. The van der Waals surface area contributed by atoms with Crippen molar-refractivity contribution in [3.05, 3.63) is 66.1 Å². The fourth-order valence-corrected chi connectivity index (χ4v) is 4.09. The van der Waals surface area contributed by atoms with Crippen molar-refractivity contribution in [1.82, 2.24) is 24.5 Å². The van der Waals surface area contributed by atoms with Crippen LogP contribution in [0, 0.1) is 5.92 Å². The molecule has 0 saturated carbocycles. The van der Waals surface area contributed by atoms with Gasteiger partial charge in [-0.2, -0.15) is 4.52 Å². The highest BCUT2D eigenvalue weighted by molar-refractivity contribution is 5.57. The molecule has 0 unspecified atom stereocenters. The zero-order valence-electron chi connectivity index (χ0n) is 16.2. The van der Waals surface area contributed by atoms with Gasteiger partial charge in [0.1, 0.15) is 0 Å². The molecule has 4 heterocycles. The predicted octanol–water partition coefficient (Wildman–Crippen LogP) is 3.42. The third kappa shape index (κ3) is 3.73. The minimum absolute atomic E-state index is 0.329. The largest absolute Gasteiger partial charge is 0.461 e. The summed E-state index contributed by atoms with van der Waals surface area (Å²) in [6.45, 7) is 2.95. The molecule has 1 aliphatic heterocycles. The third-order valence-corrected chi connectivity index (χ3v) is 5.67. The number of piperidine rings is 1. The summed E-state index contributed by atoms with van der Waals surface area (Å²) in [6.07, 6.45) is 7.01. The molecule has 4 aromatic rings. The van der Waals surface area contributed by atoms with Crippen LogP contribution in [0.3, 0.4) is 0 Å². The fourth-order valence-electron chi connectivity index (χ4n) is 4.09. The van der Waals surface area contributed by atoms with Crippen molar-refractivity contribution in [1.29, 1.82) is 0 Å². The summed E-state index contributed by atoms with van der Waals surface area (Å²) in [5.41, 5.74) is 9.24. The molecule has 2 N–H and O–H groups in total. The predicted molar refractivity (Wildman–Crippen MR) is 111 cm³/mol. The van der Waals surface area contributed by atoms with E-state index in [-0.39, 0.29) is 0 Å².